The molecule has 1 heterocycles. The number of hydrogen-bond acceptors (Lipinski definition) is 9. The number of carboxylic acid groups (broad SMARTS) is 3. The predicted octanol–water partition coefficient (Wildman–Crippen LogP) is -3.97. The van der Waals surface area contributed by atoms with Crippen molar-refractivity contribution >= 4 is 41.5 Å². The Morgan fingerprint density at radius 1 is 0.861 bits per heavy atom. The van der Waals surface area contributed by atoms with Crippen molar-refractivity contribution in [3.05, 3.63) is 18.2 Å². The van der Waals surface area contributed by atoms with E-state index in [1.54, 1.807) is 0 Å². The van der Waals surface area contributed by atoms with Crippen LogP contribution in [0.5, 0.6) is 0 Å². The fourth-order valence-corrected chi connectivity index (χ4v) is 2.87. The standard InChI is InChI=1S/C19H27N7O10/c20-9(3-8-6-22-7-23-8)16(32)25-11(5-15(30)31)18(34)24-10(1-2-14(28)29)17(33)26-12(19(35)36)4-13(21)27/h6-7,9-12H,1-5,20H2,(H2,21,27)(H,22,23)(H,24,34)(H,25,32)(H,26,33)(H,28,29)(H,30,31)(H,35,36). The third-order valence-electron chi connectivity index (χ3n) is 4.64. The lowest BCUT2D eigenvalue weighted by Gasteiger charge is -2.24. The van der Waals surface area contributed by atoms with E-state index >= 15 is 0 Å². The molecule has 0 aromatic carbocycles. The average Bonchev–Trinajstić information content (AvgIpc) is 3.27. The molecule has 4 unspecified atom stereocenters. The molecule has 0 fully saturated rings. The van der Waals surface area contributed by atoms with E-state index in [4.69, 9.17) is 26.8 Å². The second kappa shape index (κ2) is 14.0. The summed E-state index contributed by atoms with van der Waals surface area (Å²) in [6, 6.07) is -6.35. The highest BCUT2D eigenvalue weighted by molar-refractivity contribution is 5.96. The van der Waals surface area contributed by atoms with E-state index < -0.39 is 91.4 Å². The number of primary amides is 1. The second-order valence-corrected chi connectivity index (χ2v) is 7.61. The third kappa shape index (κ3) is 10.6. The van der Waals surface area contributed by atoms with Gasteiger partial charge in [-0.1, -0.05) is 0 Å². The van der Waals surface area contributed by atoms with Crippen LogP contribution < -0.4 is 27.4 Å². The number of rotatable bonds is 16. The Balaban J connectivity index is 2.99. The van der Waals surface area contributed by atoms with Crippen molar-refractivity contribution in [3.63, 3.8) is 0 Å². The molecule has 36 heavy (non-hydrogen) atoms. The number of nitrogens with two attached hydrogens (primary N) is 2. The van der Waals surface area contributed by atoms with Crippen molar-refractivity contribution in [1.82, 2.24) is 25.9 Å². The molecule has 0 aliphatic carbocycles. The number of aliphatic carboxylic acids is 3. The quantitative estimate of drug-likeness (QED) is 0.102. The van der Waals surface area contributed by atoms with Gasteiger partial charge in [0.05, 0.1) is 25.2 Å². The first-order valence-corrected chi connectivity index (χ1v) is 10.4. The largest absolute Gasteiger partial charge is 0.481 e. The number of carbonyl (C=O) groups is 7. The van der Waals surface area contributed by atoms with Crippen LogP contribution in [0.4, 0.5) is 0 Å². The molecule has 1 aromatic rings. The van der Waals surface area contributed by atoms with Crippen molar-refractivity contribution in [2.45, 2.75) is 56.3 Å². The van der Waals surface area contributed by atoms with E-state index in [0.717, 1.165) is 0 Å². The third-order valence-corrected chi connectivity index (χ3v) is 4.64. The van der Waals surface area contributed by atoms with Crippen molar-refractivity contribution in [2.24, 2.45) is 11.5 Å². The lowest BCUT2D eigenvalue weighted by molar-refractivity contribution is -0.144. The molecule has 1 aromatic heterocycles. The second-order valence-electron chi connectivity index (χ2n) is 7.61. The minimum Gasteiger partial charge on any atom is -0.481 e. The Hall–Kier alpha value is -4.54. The summed E-state index contributed by atoms with van der Waals surface area (Å²) in [5, 5.41) is 33.4. The maximum absolute atomic E-state index is 12.7. The summed E-state index contributed by atoms with van der Waals surface area (Å²) in [4.78, 5) is 88.7. The SMILES string of the molecule is NC(=O)CC(NC(=O)C(CCC(=O)O)NC(=O)C(CC(=O)O)NC(=O)C(N)Cc1cnc[nH]1)C(=O)O. The zero-order valence-corrected chi connectivity index (χ0v) is 18.8. The maximum Gasteiger partial charge on any atom is 0.326 e. The number of carbonyl (C=O) groups excluding carboxylic acids is 4. The number of aromatic amines is 1. The first kappa shape index (κ1) is 29.5. The molecule has 0 bridgehead atoms. The van der Waals surface area contributed by atoms with Gasteiger partial charge in [0.1, 0.15) is 18.1 Å². The van der Waals surface area contributed by atoms with Gasteiger partial charge in [0.25, 0.3) is 0 Å². The molecule has 0 spiro atoms. The van der Waals surface area contributed by atoms with Gasteiger partial charge in [-0.25, -0.2) is 9.78 Å². The summed E-state index contributed by atoms with van der Waals surface area (Å²) in [5.74, 6) is -8.76. The molecule has 198 valence electrons. The van der Waals surface area contributed by atoms with Gasteiger partial charge in [-0.05, 0) is 6.42 Å². The molecule has 1 rings (SSSR count). The molecular formula is C19H27N7O10. The molecule has 4 amide bonds. The van der Waals surface area contributed by atoms with E-state index in [9.17, 15) is 33.6 Å². The first-order chi connectivity index (χ1) is 16.8. The smallest absolute Gasteiger partial charge is 0.326 e. The number of nitrogens with one attached hydrogen (secondary N) is 4. The van der Waals surface area contributed by atoms with Gasteiger partial charge in [-0.15, -0.1) is 0 Å². The summed E-state index contributed by atoms with van der Waals surface area (Å²) < 4.78 is 0. The van der Waals surface area contributed by atoms with Crippen LogP contribution >= 0.6 is 0 Å². The fourth-order valence-electron chi connectivity index (χ4n) is 2.87. The number of nitrogens with zero attached hydrogens (tertiary/aromatic N) is 1. The molecule has 0 aliphatic heterocycles. The van der Waals surface area contributed by atoms with Gasteiger partial charge in [0.15, 0.2) is 0 Å². The van der Waals surface area contributed by atoms with Crippen LogP contribution in [0.2, 0.25) is 0 Å². The molecule has 11 N–H and O–H groups in total. The summed E-state index contributed by atoms with van der Waals surface area (Å²) in [5.41, 5.74) is 11.2. The monoisotopic (exact) mass is 513 g/mol. The van der Waals surface area contributed by atoms with Gasteiger partial charge >= 0.3 is 17.9 Å². The Kier molecular flexibility index (Phi) is 11.5. The van der Waals surface area contributed by atoms with E-state index in [1.807, 2.05) is 5.32 Å². The van der Waals surface area contributed by atoms with E-state index in [0.29, 0.717) is 5.69 Å². The van der Waals surface area contributed by atoms with Crippen LogP contribution in [0.3, 0.4) is 0 Å². The van der Waals surface area contributed by atoms with Gasteiger partial charge in [-0.3, -0.25) is 28.8 Å². The minimum absolute atomic E-state index is 0.0205. The number of aromatic nitrogens is 2. The lowest BCUT2D eigenvalue weighted by atomic mass is 10.1. The fraction of sp³-hybridized carbons (Fsp3) is 0.474. The van der Waals surface area contributed by atoms with Crippen LogP contribution in [0.1, 0.15) is 31.4 Å². The Morgan fingerprint density at radius 2 is 1.44 bits per heavy atom. The van der Waals surface area contributed by atoms with Crippen molar-refractivity contribution in [3.8, 4) is 0 Å². The van der Waals surface area contributed by atoms with Crippen LogP contribution in [-0.2, 0) is 40.0 Å². The number of amides is 4. The van der Waals surface area contributed by atoms with Crippen LogP contribution in [0.25, 0.3) is 0 Å². The normalized spacial score (nSPS) is 13.9. The van der Waals surface area contributed by atoms with Gasteiger partial charge in [0.2, 0.25) is 23.6 Å². The van der Waals surface area contributed by atoms with Crippen LogP contribution in [0.15, 0.2) is 12.5 Å². The maximum atomic E-state index is 12.7. The van der Waals surface area contributed by atoms with Gasteiger partial charge in [-0.2, -0.15) is 0 Å². The molecule has 0 aliphatic rings. The lowest BCUT2D eigenvalue weighted by Crippen LogP contribution is -2.58. The summed E-state index contributed by atoms with van der Waals surface area (Å²) in [6.07, 6.45) is -0.134. The zero-order chi connectivity index (χ0) is 27.4. The Bertz CT molecular complexity index is 981. The number of imidazole rings is 1. The molecule has 17 heteroatoms. The molecule has 0 saturated carbocycles. The Labute approximate surface area is 203 Å². The predicted molar refractivity (Wildman–Crippen MR) is 117 cm³/mol. The van der Waals surface area contributed by atoms with E-state index in [2.05, 4.69) is 20.6 Å². The number of hydrogen-bond donors (Lipinski definition) is 9. The molecular weight excluding hydrogens is 486 g/mol. The first-order valence-electron chi connectivity index (χ1n) is 10.4. The highest BCUT2D eigenvalue weighted by atomic mass is 16.4. The summed E-state index contributed by atoms with van der Waals surface area (Å²) in [7, 11) is 0. The molecule has 0 saturated heterocycles. The molecule has 4 atom stereocenters. The highest BCUT2D eigenvalue weighted by Gasteiger charge is 2.32. The van der Waals surface area contributed by atoms with E-state index in [-0.39, 0.29) is 6.42 Å². The van der Waals surface area contributed by atoms with Crippen LogP contribution in [-0.4, -0.2) is 91.0 Å². The van der Waals surface area contributed by atoms with Crippen molar-refractivity contribution in [1.29, 1.82) is 0 Å². The van der Waals surface area contributed by atoms with Gasteiger partial charge in [0, 0.05) is 24.7 Å². The minimum atomic E-state index is -1.77. The summed E-state index contributed by atoms with van der Waals surface area (Å²) >= 11 is 0. The topological polar surface area (TPSA) is 297 Å². The van der Waals surface area contributed by atoms with Crippen molar-refractivity contribution < 1.29 is 48.9 Å². The zero-order valence-electron chi connectivity index (χ0n) is 18.8. The van der Waals surface area contributed by atoms with Crippen molar-refractivity contribution in [2.75, 3.05) is 0 Å². The summed E-state index contributed by atoms with van der Waals surface area (Å²) in [6.45, 7) is 0. The molecule has 0 radical (unpaired) electrons. The molecule has 17 nitrogen and oxygen atoms in total. The number of H-pyrrole nitrogens is 1. The van der Waals surface area contributed by atoms with Crippen LogP contribution in [0, 0.1) is 0 Å². The average molecular weight is 513 g/mol. The highest BCUT2D eigenvalue weighted by Crippen LogP contribution is 2.04. The number of carboxylic acids is 3. The van der Waals surface area contributed by atoms with E-state index in [1.165, 1.54) is 12.5 Å². The van der Waals surface area contributed by atoms with Gasteiger partial charge < -0.3 is 47.7 Å². The Morgan fingerprint density at radius 3 is 1.94 bits per heavy atom.